The molecule has 1 heterocycles. The maximum absolute atomic E-state index is 5.89. The van der Waals surface area contributed by atoms with E-state index in [1.54, 1.807) is 0 Å². The first kappa shape index (κ1) is 12.9. The van der Waals surface area contributed by atoms with Crippen molar-refractivity contribution in [2.24, 2.45) is 0 Å². The third-order valence-corrected chi connectivity index (χ3v) is 3.66. The molecule has 1 aromatic rings. The number of benzene rings is 1. The normalized spacial score (nSPS) is 23.6. The van der Waals surface area contributed by atoms with Crippen LogP contribution in [-0.4, -0.2) is 18.8 Å². The number of hydrogen-bond donors (Lipinski definition) is 1. The first-order chi connectivity index (χ1) is 8.16. The molecule has 1 fully saturated rings. The van der Waals surface area contributed by atoms with Crippen LogP contribution in [0.15, 0.2) is 24.3 Å². The third-order valence-electron chi connectivity index (χ3n) is 3.41. The Balaban J connectivity index is 1.91. The Bertz CT molecular complexity index is 346. The molecule has 1 aromatic carbocycles. The molecule has 3 heteroatoms. The van der Waals surface area contributed by atoms with Gasteiger partial charge in [0.25, 0.3) is 0 Å². The molecule has 94 valence electrons. The summed E-state index contributed by atoms with van der Waals surface area (Å²) in [5.41, 5.74) is 1.26. The fourth-order valence-electron chi connectivity index (χ4n) is 2.35. The lowest BCUT2D eigenvalue weighted by molar-refractivity contribution is 0.0804. The van der Waals surface area contributed by atoms with Crippen molar-refractivity contribution in [1.29, 1.82) is 0 Å². The maximum atomic E-state index is 5.89. The minimum Gasteiger partial charge on any atom is -0.377 e. The van der Waals surface area contributed by atoms with E-state index in [1.165, 1.54) is 18.4 Å². The summed E-state index contributed by atoms with van der Waals surface area (Å²) in [5.74, 6) is 0. The molecule has 0 saturated carbocycles. The van der Waals surface area contributed by atoms with E-state index in [4.69, 9.17) is 16.3 Å². The number of hydrogen-bond acceptors (Lipinski definition) is 2. The van der Waals surface area contributed by atoms with Crippen LogP contribution in [0, 0.1) is 0 Å². The van der Waals surface area contributed by atoms with Gasteiger partial charge in [-0.15, -0.1) is 0 Å². The Labute approximate surface area is 108 Å². The van der Waals surface area contributed by atoms with Gasteiger partial charge in [0, 0.05) is 23.7 Å². The van der Waals surface area contributed by atoms with Crippen molar-refractivity contribution >= 4 is 11.6 Å². The number of ether oxygens (including phenoxy) is 1. The first-order valence-corrected chi connectivity index (χ1v) is 6.67. The van der Waals surface area contributed by atoms with Crippen LogP contribution in [0.3, 0.4) is 0 Å². The Hall–Kier alpha value is -0.570. The van der Waals surface area contributed by atoms with Gasteiger partial charge in [-0.2, -0.15) is 0 Å². The van der Waals surface area contributed by atoms with Crippen LogP contribution in [0.25, 0.3) is 0 Å². The Morgan fingerprint density at radius 3 is 2.59 bits per heavy atom. The maximum Gasteiger partial charge on any atom is 0.0726 e. The van der Waals surface area contributed by atoms with Crippen molar-refractivity contribution in [3.8, 4) is 0 Å². The quantitative estimate of drug-likeness (QED) is 0.886. The summed E-state index contributed by atoms with van der Waals surface area (Å²) in [6.07, 6.45) is 2.72. The molecular weight excluding hydrogens is 234 g/mol. The SMILES string of the molecule is CC(NC(C)C1CCCO1)c1ccc(Cl)cc1. The second-order valence-corrected chi connectivity index (χ2v) is 5.22. The van der Waals surface area contributed by atoms with E-state index >= 15 is 0 Å². The van der Waals surface area contributed by atoms with Gasteiger partial charge in [-0.25, -0.2) is 0 Å². The van der Waals surface area contributed by atoms with E-state index < -0.39 is 0 Å². The Morgan fingerprint density at radius 1 is 1.29 bits per heavy atom. The summed E-state index contributed by atoms with van der Waals surface area (Å²) in [7, 11) is 0. The van der Waals surface area contributed by atoms with Crippen LogP contribution >= 0.6 is 11.6 Å². The van der Waals surface area contributed by atoms with Crippen LogP contribution in [0.1, 0.15) is 38.3 Å². The van der Waals surface area contributed by atoms with Gasteiger partial charge in [0.1, 0.15) is 0 Å². The van der Waals surface area contributed by atoms with E-state index in [0.29, 0.717) is 18.2 Å². The lowest BCUT2D eigenvalue weighted by atomic mass is 10.0. The lowest BCUT2D eigenvalue weighted by Crippen LogP contribution is -2.38. The molecular formula is C14H20ClNO. The second-order valence-electron chi connectivity index (χ2n) is 4.78. The van der Waals surface area contributed by atoms with Gasteiger partial charge in [0.15, 0.2) is 0 Å². The van der Waals surface area contributed by atoms with Crippen LogP contribution < -0.4 is 5.32 Å². The molecule has 0 radical (unpaired) electrons. The van der Waals surface area contributed by atoms with Gasteiger partial charge in [-0.05, 0) is 44.4 Å². The molecule has 0 amide bonds. The van der Waals surface area contributed by atoms with Crippen molar-refractivity contribution in [2.75, 3.05) is 6.61 Å². The molecule has 1 aliphatic rings. The summed E-state index contributed by atoms with van der Waals surface area (Å²) >= 11 is 5.89. The summed E-state index contributed by atoms with van der Waals surface area (Å²) in [6, 6.07) is 8.73. The van der Waals surface area contributed by atoms with Crippen molar-refractivity contribution in [3.63, 3.8) is 0 Å². The molecule has 3 atom stereocenters. The first-order valence-electron chi connectivity index (χ1n) is 6.30. The van der Waals surface area contributed by atoms with E-state index in [1.807, 2.05) is 12.1 Å². The largest absolute Gasteiger partial charge is 0.377 e. The van der Waals surface area contributed by atoms with E-state index in [-0.39, 0.29) is 0 Å². The van der Waals surface area contributed by atoms with Crippen LogP contribution in [0.5, 0.6) is 0 Å². The number of halogens is 1. The van der Waals surface area contributed by atoms with Crippen molar-refractivity contribution in [3.05, 3.63) is 34.9 Å². The molecule has 2 nitrogen and oxygen atoms in total. The van der Waals surface area contributed by atoms with Crippen molar-refractivity contribution in [1.82, 2.24) is 5.32 Å². The zero-order chi connectivity index (χ0) is 12.3. The molecule has 0 bridgehead atoms. The highest BCUT2D eigenvalue weighted by Crippen LogP contribution is 2.20. The smallest absolute Gasteiger partial charge is 0.0726 e. The topological polar surface area (TPSA) is 21.3 Å². The molecule has 3 unspecified atom stereocenters. The summed E-state index contributed by atoms with van der Waals surface area (Å²) in [6.45, 7) is 5.28. The number of rotatable bonds is 4. The number of nitrogens with one attached hydrogen (secondary N) is 1. The minimum absolute atomic E-state index is 0.325. The lowest BCUT2D eigenvalue weighted by Gasteiger charge is -2.24. The van der Waals surface area contributed by atoms with Gasteiger partial charge in [0.05, 0.1) is 6.10 Å². The zero-order valence-electron chi connectivity index (χ0n) is 10.4. The van der Waals surface area contributed by atoms with Crippen LogP contribution in [0.2, 0.25) is 5.02 Å². The van der Waals surface area contributed by atoms with Crippen LogP contribution in [0.4, 0.5) is 0 Å². The van der Waals surface area contributed by atoms with Gasteiger partial charge < -0.3 is 10.1 Å². The van der Waals surface area contributed by atoms with E-state index in [0.717, 1.165) is 11.6 Å². The van der Waals surface area contributed by atoms with Gasteiger partial charge in [-0.3, -0.25) is 0 Å². The molecule has 1 N–H and O–H groups in total. The molecule has 17 heavy (non-hydrogen) atoms. The van der Waals surface area contributed by atoms with Gasteiger partial charge >= 0.3 is 0 Å². The third kappa shape index (κ3) is 3.44. The molecule has 0 spiro atoms. The standard InChI is InChI=1S/C14H20ClNO/c1-10(12-5-7-13(15)8-6-12)16-11(2)14-4-3-9-17-14/h5-8,10-11,14,16H,3-4,9H2,1-2H3. The van der Waals surface area contributed by atoms with Gasteiger partial charge in [-0.1, -0.05) is 23.7 Å². The van der Waals surface area contributed by atoms with Crippen molar-refractivity contribution in [2.45, 2.75) is 44.9 Å². The Morgan fingerprint density at radius 2 is 2.00 bits per heavy atom. The molecule has 0 aliphatic carbocycles. The minimum atomic E-state index is 0.325. The highest BCUT2D eigenvalue weighted by molar-refractivity contribution is 6.30. The van der Waals surface area contributed by atoms with E-state index in [2.05, 4.69) is 31.3 Å². The summed E-state index contributed by atoms with van der Waals surface area (Å²) < 4.78 is 5.69. The average molecular weight is 254 g/mol. The highest BCUT2D eigenvalue weighted by atomic mass is 35.5. The second kappa shape index (κ2) is 5.85. The fraction of sp³-hybridized carbons (Fsp3) is 0.571. The molecule has 0 aromatic heterocycles. The molecule has 1 saturated heterocycles. The molecule has 2 rings (SSSR count). The zero-order valence-corrected chi connectivity index (χ0v) is 11.2. The van der Waals surface area contributed by atoms with E-state index in [9.17, 15) is 0 Å². The van der Waals surface area contributed by atoms with Crippen LogP contribution in [-0.2, 0) is 4.74 Å². The average Bonchev–Trinajstić information content (AvgIpc) is 2.83. The van der Waals surface area contributed by atoms with Gasteiger partial charge in [0.2, 0.25) is 0 Å². The summed E-state index contributed by atoms with van der Waals surface area (Å²) in [4.78, 5) is 0. The summed E-state index contributed by atoms with van der Waals surface area (Å²) in [5, 5.41) is 4.37. The fourth-order valence-corrected chi connectivity index (χ4v) is 2.47. The monoisotopic (exact) mass is 253 g/mol. The predicted molar refractivity (Wildman–Crippen MR) is 71.4 cm³/mol. The molecule has 1 aliphatic heterocycles. The van der Waals surface area contributed by atoms with Crippen molar-refractivity contribution < 1.29 is 4.74 Å². The predicted octanol–water partition coefficient (Wildman–Crippen LogP) is 3.56. The Kier molecular flexibility index (Phi) is 4.43. The highest BCUT2D eigenvalue weighted by Gasteiger charge is 2.23.